The summed E-state index contributed by atoms with van der Waals surface area (Å²) in [5, 5.41) is 41.8. The first-order valence-electron chi connectivity index (χ1n) is 28.6. The third-order valence-electron chi connectivity index (χ3n) is 14.0. The van der Waals surface area contributed by atoms with Crippen LogP contribution in [-0.4, -0.2) is 191 Å². The molecule has 3 aromatic carbocycles. The first-order valence-corrected chi connectivity index (χ1v) is 28.6. The van der Waals surface area contributed by atoms with Crippen LogP contribution >= 0.6 is 0 Å². The zero-order chi connectivity index (χ0) is 65.9. The number of aliphatic carboxylic acids is 1. The monoisotopic (exact) mass is 1230 g/mol. The minimum Gasteiger partial charge on any atom is -0.481 e. The van der Waals surface area contributed by atoms with Crippen molar-refractivity contribution in [3.8, 4) is 0 Å². The zero-order valence-corrected chi connectivity index (χ0v) is 51.0. The number of carboxylic acid groups (broad SMARTS) is 1. The van der Waals surface area contributed by atoms with Crippen molar-refractivity contribution in [2.75, 3.05) is 33.8 Å². The molecule has 10 atom stereocenters. The molecule has 0 aliphatic carbocycles. The molecule has 0 saturated heterocycles. The highest BCUT2D eigenvalue weighted by Gasteiger charge is 2.37. The molecule has 0 aliphatic rings. The van der Waals surface area contributed by atoms with Gasteiger partial charge in [-0.25, -0.2) is 0 Å². The van der Waals surface area contributed by atoms with E-state index < -0.39 is 169 Å². The topological polar surface area (TPSA) is 429 Å². The summed E-state index contributed by atoms with van der Waals surface area (Å²) in [5.41, 5.74) is 13.2. The third-order valence-corrected chi connectivity index (χ3v) is 14.0. The smallest absolute Gasteiger partial charge is 0.305 e. The third kappa shape index (κ3) is 24.2. The fourth-order valence-electron chi connectivity index (χ4n) is 8.84. The van der Waals surface area contributed by atoms with Crippen molar-refractivity contribution in [2.24, 2.45) is 23.3 Å². The molecule has 88 heavy (non-hydrogen) atoms. The molecule has 0 radical (unpaired) electrons. The van der Waals surface area contributed by atoms with Crippen LogP contribution in [0.15, 0.2) is 91.0 Å². The van der Waals surface area contributed by atoms with Crippen molar-refractivity contribution in [2.45, 2.75) is 141 Å². The van der Waals surface area contributed by atoms with Gasteiger partial charge in [0.1, 0.15) is 54.4 Å². The minimum absolute atomic E-state index is 0.0229. The molecule has 28 nitrogen and oxygen atoms in total. The second-order valence-corrected chi connectivity index (χ2v) is 22.1. The van der Waals surface area contributed by atoms with Gasteiger partial charge < -0.3 is 79.3 Å². The van der Waals surface area contributed by atoms with Crippen LogP contribution in [0.5, 0.6) is 0 Å². The first kappa shape index (κ1) is 72.9. The van der Waals surface area contributed by atoms with E-state index in [9.17, 15) is 72.5 Å². The van der Waals surface area contributed by atoms with E-state index in [1.54, 1.807) is 88.4 Å². The lowest BCUT2D eigenvalue weighted by Gasteiger charge is -2.30. The Morgan fingerprint density at radius 1 is 0.477 bits per heavy atom. The summed E-state index contributed by atoms with van der Waals surface area (Å²) < 4.78 is 0. The number of amides is 12. The number of likely N-dealkylation sites (N-methyl/N-ethyl adjacent to an activating group) is 2. The number of nitrogens with zero attached hydrogens (tertiary/aromatic N) is 2. The number of carbonyl (C=O) groups is 13. The lowest BCUT2D eigenvalue weighted by atomic mass is 10.00. The van der Waals surface area contributed by atoms with Crippen LogP contribution in [0.1, 0.15) is 78.0 Å². The fraction of sp³-hybridized carbons (Fsp3) is 0.483. The maximum atomic E-state index is 14.2. The van der Waals surface area contributed by atoms with E-state index >= 15 is 0 Å². The van der Waals surface area contributed by atoms with Crippen LogP contribution in [0.2, 0.25) is 0 Å². The van der Waals surface area contributed by atoms with Crippen LogP contribution in [0, 0.1) is 11.8 Å². The average molecular weight is 1230 g/mol. The van der Waals surface area contributed by atoms with Crippen LogP contribution < -0.4 is 59.3 Å². The predicted octanol–water partition coefficient (Wildman–Crippen LogP) is -2.96. The van der Waals surface area contributed by atoms with Gasteiger partial charge in [0.25, 0.3) is 0 Å². The van der Waals surface area contributed by atoms with Gasteiger partial charge in [0.05, 0.1) is 32.2 Å². The standard InChI is InChI=1S/C60H85N13O15/c1-33(2)25-42(67-48(76)31-64-57(85)46(28-40-23-17-12-18-24-40)73(9)59(87)36(6)66-53(81)41(61)26-38-19-13-10-14-20-38)55(83)65-35(5)51(79)71-50(34(3)4)58(86)68-43(27-39-21-15-11-16-22-39)56(84)69-44(29-49(77)78)60(88)72(8)37(7)52(80)70-45(32-74)54(82)63-30-47(62)75/h10-24,33-37,41-46,50,74H,25-32,61H2,1-9H3,(H2,62,75)(H,63,82)(H,64,85)(H,65,83)(H,66,81)(H,67,76)(H,68,86)(H,69,84)(H,70,80)(H,71,79)(H,77,78)/t35-,36-,37-,41-,42-,43-,44-,45-,46-,50-/m0/s1. The van der Waals surface area contributed by atoms with Gasteiger partial charge in [0, 0.05) is 26.9 Å². The lowest BCUT2D eigenvalue weighted by molar-refractivity contribution is -0.146. The highest BCUT2D eigenvalue weighted by Crippen LogP contribution is 2.14. The summed E-state index contributed by atoms with van der Waals surface area (Å²) >= 11 is 0. The Kier molecular flexibility index (Phi) is 29.8. The maximum absolute atomic E-state index is 14.2. The van der Waals surface area contributed by atoms with Crippen molar-refractivity contribution < 1.29 is 72.5 Å². The summed E-state index contributed by atoms with van der Waals surface area (Å²) in [6.07, 6.45) is -0.894. The fourth-order valence-corrected chi connectivity index (χ4v) is 8.84. The number of carbonyl (C=O) groups excluding carboxylic acids is 12. The van der Waals surface area contributed by atoms with Crippen LogP contribution in [0.4, 0.5) is 0 Å². The van der Waals surface area contributed by atoms with E-state index in [0.717, 1.165) is 17.5 Å². The zero-order valence-electron chi connectivity index (χ0n) is 51.0. The number of nitrogens with one attached hydrogen (secondary N) is 9. The molecule has 0 unspecified atom stereocenters. The summed E-state index contributed by atoms with van der Waals surface area (Å²) in [4.78, 5) is 175. The minimum atomic E-state index is -1.84. The molecule has 0 spiro atoms. The van der Waals surface area contributed by atoms with Gasteiger partial charge in [-0.2, -0.15) is 0 Å². The molecule has 0 bridgehead atoms. The molecule has 0 heterocycles. The van der Waals surface area contributed by atoms with Crippen LogP contribution in [0.25, 0.3) is 0 Å². The Morgan fingerprint density at radius 3 is 1.48 bits per heavy atom. The summed E-state index contributed by atoms with van der Waals surface area (Å²) in [6.45, 7) is 8.59. The SMILES string of the molecule is CC(C)C[C@H](NC(=O)CNC(=O)[C@H](Cc1ccccc1)N(C)C(=O)[C@H](C)NC(=O)[C@@H](N)Cc1ccccc1)C(=O)N[C@@H](C)C(=O)N[C@H](C(=O)N[C@@H](Cc1ccccc1)C(=O)N[C@@H](CC(=O)O)C(=O)N(C)[C@@H](C)C(=O)N[C@@H](CO)C(=O)NCC(N)=O)C(C)C. The first-order chi connectivity index (χ1) is 41.4. The number of hydrogen-bond donors (Lipinski definition) is 13. The van der Waals surface area contributed by atoms with E-state index in [0.29, 0.717) is 11.1 Å². The van der Waals surface area contributed by atoms with E-state index in [1.165, 1.54) is 32.7 Å². The molecule has 3 rings (SSSR count). The molecular formula is C60H85N13O15. The summed E-state index contributed by atoms with van der Waals surface area (Å²) in [7, 11) is 2.51. The second-order valence-electron chi connectivity index (χ2n) is 22.1. The predicted molar refractivity (Wildman–Crippen MR) is 321 cm³/mol. The maximum Gasteiger partial charge on any atom is 0.305 e. The van der Waals surface area contributed by atoms with Crippen molar-refractivity contribution >= 4 is 76.9 Å². The van der Waals surface area contributed by atoms with Gasteiger partial charge in [-0.1, -0.05) is 119 Å². The Hall–Kier alpha value is -9.31. The van der Waals surface area contributed by atoms with Crippen molar-refractivity contribution in [1.29, 1.82) is 0 Å². The van der Waals surface area contributed by atoms with E-state index in [2.05, 4.69) is 47.9 Å². The highest BCUT2D eigenvalue weighted by molar-refractivity contribution is 5.99. The molecule has 480 valence electrons. The molecular weight excluding hydrogens is 1140 g/mol. The number of rotatable bonds is 35. The molecule has 28 heteroatoms. The Bertz CT molecular complexity index is 2900. The van der Waals surface area contributed by atoms with Crippen molar-refractivity contribution in [3.63, 3.8) is 0 Å². The second kappa shape index (κ2) is 36.0. The van der Waals surface area contributed by atoms with Gasteiger partial charge in [0.15, 0.2) is 0 Å². The quantitative estimate of drug-likeness (QED) is 0.0280. The van der Waals surface area contributed by atoms with Crippen LogP contribution in [-0.2, 0) is 81.6 Å². The Labute approximate surface area is 511 Å². The number of hydrogen-bond acceptors (Lipinski definition) is 15. The molecule has 0 aromatic heterocycles. The number of primary amides is 1. The van der Waals surface area contributed by atoms with Crippen molar-refractivity contribution in [3.05, 3.63) is 108 Å². The van der Waals surface area contributed by atoms with E-state index in [4.69, 9.17) is 11.5 Å². The lowest BCUT2D eigenvalue weighted by Crippen LogP contribution is -2.61. The number of carboxylic acids is 1. The van der Waals surface area contributed by atoms with E-state index in [1.807, 2.05) is 30.3 Å². The number of nitrogens with two attached hydrogens (primary N) is 2. The molecule has 0 aliphatic heterocycles. The van der Waals surface area contributed by atoms with Gasteiger partial charge in [-0.3, -0.25) is 62.3 Å². The molecule has 0 fully saturated rings. The summed E-state index contributed by atoms with van der Waals surface area (Å²) in [6, 6.07) is 12.6. The van der Waals surface area contributed by atoms with Gasteiger partial charge in [-0.15, -0.1) is 0 Å². The largest absolute Gasteiger partial charge is 0.481 e. The Balaban J connectivity index is 1.74. The number of aliphatic hydroxyl groups is 1. The van der Waals surface area contributed by atoms with Gasteiger partial charge >= 0.3 is 5.97 Å². The molecule has 0 saturated carbocycles. The molecule has 12 amide bonds. The number of aliphatic hydroxyl groups excluding tert-OH is 1. The van der Waals surface area contributed by atoms with Crippen LogP contribution in [0.3, 0.4) is 0 Å². The highest BCUT2D eigenvalue weighted by atomic mass is 16.4. The molecule has 3 aromatic rings. The average Bonchev–Trinajstić information content (AvgIpc) is 2.85. The molecule has 15 N–H and O–H groups in total. The van der Waals surface area contributed by atoms with Crippen molar-refractivity contribution in [1.82, 2.24) is 57.7 Å². The number of benzene rings is 3. The normalized spacial score (nSPS) is 14.4. The Morgan fingerprint density at radius 2 is 0.966 bits per heavy atom. The van der Waals surface area contributed by atoms with Gasteiger partial charge in [0.2, 0.25) is 70.9 Å². The van der Waals surface area contributed by atoms with E-state index in [-0.39, 0.29) is 31.6 Å². The summed E-state index contributed by atoms with van der Waals surface area (Å²) in [5.74, 6) is -12.6. The van der Waals surface area contributed by atoms with Gasteiger partial charge in [-0.05, 0) is 62.1 Å².